The Hall–Kier alpha value is -2.87. The van der Waals surface area contributed by atoms with E-state index in [2.05, 4.69) is 10.6 Å². The van der Waals surface area contributed by atoms with E-state index in [9.17, 15) is 14.4 Å². The first-order valence-electron chi connectivity index (χ1n) is 9.03. The number of nitrogens with two attached hydrogens (primary N) is 1. The van der Waals surface area contributed by atoms with E-state index in [1.165, 1.54) is 0 Å². The molecule has 0 radical (unpaired) electrons. The number of carbonyl (C=O) groups excluding carboxylic acids is 3. The second-order valence-electron chi connectivity index (χ2n) is 6.49. The van der Waals surface area contributed by atoms with Crippen molar-refractivity contribution in [2.45, 2.75) is 31.6 Å². The van der Waals surface area contributed by atoms with Gasteiger partial charge in [0.2, 0.25) is 11.8 Å². The molecule has 1 aromatic carbocycles. The second kappa shape index (κ2) is 8.68. The van der Waals surface area contributed by atoms with Crippen LogP contribution in [-0.2, 0) is 14.4 Å². The number of hydrogen-bond donors (Lipinski definition) is 3. The molecule has 3 rings (SSSR count). The minimum absolute atomic E-state index is 0.0975. The molecular formula is C19H23N3O5. The van der Waals surface area contributed by atoms with Gasteiger partial charge in [-0.25, -0.2) is 0 Å². The SMILES string of the molecule is NCCCCNC(=O)COc1ccc2occ(C3CCC(=O)NC3=O)c2c1. The lowest BCUT2D eigenvalue weighted by Crippen LogP contribution is -2.39. The molecule has 2 heterocycles. The fraction of sp³-hybridized carbons (Fsp3) is 0.421. The number of hydrogen-bond acceptors (Lipinski definition) is 6. The minimum Gasteiger partial charge on any atom is -0.484 e. The molecule has 1 aromatic heterocycles. The smallest absolute Gasteiger partial charge is 0.257 e. The van der Waals surface area contributed by atoms with E-state index in [1.54, 1.807) is 24.5 Å². The fourth-order valence-corrected chi connectivity index (χ4v) is 3.07. The van der Waals surface area contributed by atoms with E-state index in [0.29, 0.717) is 42.8 Å². The van der Waals surface area contributed by atoms with Crippen LogP contribution >= 0.6 is 0 Å². The van der Waals surface area contributed by atoms with Crippen LogP contribution in [0.15, 0.2) is 28.9 Å². The molecule has 0 aliphatic carbocycles. The number of fused-ring (bicyclic) bond motifs is 1. The minimum atomic E-state index is -0.440. The average Bonchev–Trinajstić information content (AvgIpc) is 3.07. The molecule has 0 saturated carbocycles. The standard InChI is InChI=1S/C19H23N3O5/c20-7-1-2-8-21-18(24)11-26-12-3-5-16-14(9-12)15(10-27-16)13-4-6-17(23)22-19(13)25/h3,5,9-10,13H,1-2,4,6-8,11,20H2,(H,21,24)(H,22,23,25). The molecule has 1 fully saturated rings. The van der Waals surface area contributed by atoms with Crippen molar-refractivity contribution in [1.29, 1.82) is 0 Å². The van der Waals surface area contributed by atoms with Gasteiger partial charge in [0, 0.05) is 23.9 Å². The van der Waals surface area contributed by atoms with Gasteiger partial charge in [0.25, 0.3) is 5.91 Å². The number of imide groups is 1. The fourth-order valence-electron chi connectivity index (χ4n) is 3.07. The molecule has 144 valence electrons. The third-order valence-electron chi connectivity index (χ3n) is 4.51. The monoisotopic (exact) mass is 373 g/mol. The summed E-state index contributed by atoms with van der Waals surface area (Å²) in [7, 11) is 0. The van der Waals surface area contributed by atoms with E-state index in [0.717, 1.165) is 18.2 Å². The number of carbonyl (C=O) groups is 3. The summed E-state index contributed by atoms with van der Waals surface area (Å²) >= 11 is 0. The first kappa shape index (κ1) is 18.9. The zero-order valence-corrected chi connectivity index (χ0v) is 15.0. The molecule has 3 amide bonds. The van der Waals surface area contributed by atoms with Gasteiger partial charge in [-0.1, -0.05) is 0 Å². The molecule has 1 aliphatic rings. The zero-order chi connectivity index (χ0) is 19.2. The van der Waals surface area contributed by atoms with Crippen LogP contribution in [0.1, 0.15) is 37.2 Å². The maximum absolute atomic E-state index is 12.1. The molecule has 8 heteroatoms. The summed E-state index contributed by atoms with van der Waals surface area (Å²) in [6.07, 6.45) is 3.97. The molecule has 0 bridgehead atoms. The van der Waals surface area contributed by atoms with Crippen LogP contribution in [0.3, 0.4) is 0 Å². The Bertz CT molecular complexity index is 845. The van der Waals surface area contributed by atoms with Crippen molar-refractivity contribution in [3.63, 3.8) is 0 Å². The lowest BCUT2D eigenvalue weighted by molar-refractivity contribution is -0.134. The Labute approximate surface area is 156 Å². The molecule has 1 aliphatic heterocycles. The average molecular weight is 373 g/mol. The Morgan fingerprint density at radius 3 is 2.96 bits per heavy atom. The molecular weight excluding hydrogens is 350 g/mol. The summed E-state index contributed by atoms with van der Waals surface area (Å²) in [6, 6.07) is 5.20. The first-order valence-corrected chi connectivity index (χ1v) is 9.03. The van der Waals surface area contributed by atoms with Gasteiger partial charge in [0.05, 0.1) is 12.2 Å². The maximum atomic E-state index is 12.1. The molecule has 27 heavy (non-hydrogen) atoms. The lowest BCUT2D eigenvalue weighted by Gasteiger charge is -2.19. The number of nitrogens with one attached hydrogen (secondary N) is 2. The summed E-state index contributed by atoms with van der Waals surface area (Å²) in [5.74, 6) is -0.716. The van der Waals surface area contributed by atoms with Gasteiger partial charge < -0.3 is 20.2 Å². The van der Waals surface area contributed by atoms with Crippen LogP contribution in [0.2, 0.25) is 0 Å². The van der Waals surface area contributed by atoms with Crippen LogP contribution in [0.25, 0.3) is 11.0 Å². The van der Waals surface area contributed by atoms with E-state index in [1.807, 2.05) is 0 Å². The predicted molar refractivity (Wildman–Crippen MR) is 98.1 cm³/mol. The van der Waals surface area contributed by atoms with Gasteiger partial charge in [0.1, 0.15) is 11.3 Å². The highest BCUT2D eigenvalue weighted by Gasteiger charge is 2.30. The van der Waals surface area contributed by atoms with Gasteiger partial charge in [-0.05, 0) is 44.0 Å². The number of rotatable bonds is 8. The maximum Gasteiger partial charge on any atom is 0.257 e. The highest BCUT2D eigenvalue weighted by molar-refractivity contribution is 6.02. The zero-order valence-electron chi connectivity index (χ0n) is 15.0. The normalized spacial score (nSPS) is 17.0. The Balaban J connectivity index is 1.65. The van der Waals surface area contributed by atoms with Crippen molar-refractivity contribution in [3.05, 3.63) is 30.0 Å². The van der Waals surface area contributed by atoms with Crippen molar-refractivity contribution in [1.82, 2.24) is 10.6 Å². The van der Waals surface area contributed by atoms with Gasteiger partial charge in [-0.3, -0.25) is 19.7 Å². The van der Waals surface area contributed by atoms with Crippen molar-refractivity contribution in [2.75, 3.05) is 19.7 Å². The van der Waals surface area contributed by atoms with Crippen LogP contribution < -0.4 is 21.1 Å². The number of furan rings is 1. The molecule has 1 atom stereocenters. The van der Waals surface area contributed by atoms with E-state index in [-0.39, 0.29) is 24.3 Å². The first-order chi connectivity index (χ1) is 13.1. The number of amides is 3. The van der Waals surface area contributed by atoms with Gasteiger partial charge in [-0.15, -0.1) is 0 Å². The van der Waals surface area contributed by atoms with Crippen LogP contribution in [0.4, 0.5) is 0 Å². The summed E-state index contributed by atoms with van der Waals surface area (Å²) < 4.78 is 11.1. The third kappa shape index (κ3) is 4.65. The largest absolute Gasteiger partial charge is 0.484 e. The molecule has 4 N–H and O–H groups in total. The van der Waals surface area contributed by atoms with E-state index in [4.69, 9.17) is 14.9 Å². The van der Waals surface area contributed by atoms with Crippen molar-refractivity contribution < 1.29 is 23.5 Å². The van der Waals surface area contributed by atoms with Crippen molar-refractivity contribution in [3.8, 4) is 5.75 Å². The predicted octanol–water partition coefficient (Wildman–Crippen LogP) is 1.19. The molecule has 2 aromatic rings. The highest BCUT2D eigenvalue weighted by atomic mass is 16.5. The van der Waals surface area contributed by atoms with Gasteiger partial charge >= 0.3 is 0 Å². The number of ether oxygens (including phenoxy) is 1. The summed E-state index contributed by atoms with van der Waals surface area (Å²) in [6.45, 7) is 1.08. The molecule has 8 nitrogen and oxygen atoms in total. The van der Waals surface area contributed by atoms with Gasteiger partial charge in [-0.2, -0.15) is 0 Å². The number of benzene rings is 1. The van der Waals surface area contributed by atoms with E-state index >= 15 is 0 Å². The van der Waals surface area contributed by atoms with Crippen molar-refractivity contribution >= 4 is 28.7 Å². The van der Waals surface area contributed by atoms with Gasteiger partial charge in [0.15, 0.2) is 6.61 Å². The topological polar surface area (TPSA) is 124 Å². The van der Waals surface area contributed by atoms with Crippen LogP contribution in [0.5, 0.6) is 5.75 Å². The lowest BCUT2D eigenvalue weighted by atomic mass is 9.90. The quantitative estimate of drug-likeness (QED) is 0.472. The summed E-state index contributed by atoms with van der Waals surface area (Å²) in [4.78, 5) is 35.3. The van der Waals surface area contributed by atoms with Crippen molar-refractivity contribution in [2.24, 2.45) is 5.73 Å². The summed E-state index contributed by atoms with van der Waals surface area (Å²) in [5, 5.41) is 5.87. The number of piperidine rings is 1. The van der Waals surface area contributed by atoms with Crippen LogP contribution in [0, 0.1) is 0 Å². The van der Waals surface area contributed by atoms with E-state index < -0.39 is 5.92 Å². The Kier molecular flexibility index (Phi) is 6.08. The Morgan fingerprint density at radius 1 is 1.33 bits per heavy atom. The summed E-state index contributed by atoms with van der Waals surface area (Å²) in [5.41, 5.74) is 6.74. The number of unbranched alkanes of at least 4 members (excludes halogenated alkanes) is 1. The second-order valence-corrected chi connectivity index (χ2v) is 6.49. The Morgan fingerprint density at radius 2 is 2.19 bits per heavy atom. The third-order valence-corrected chi connectivity index (χ3v) is 4.51. The molecule has 0 spiro atoms. The highest BCUT2D eigenvalue weighted by Crippen LogP contribution is 2.34. The molecule has 1 unspecified atom stereocenters. The molecule has 1 saturated heterocycles. The van der Waals surface area contributed by atoms with Crippen LogP contribution in [-0.4, -0.2) is 37.4 Å².